The molecule has 0 fully saturated rings. The fourth-order valence-electron chi connectivity index (χ4n) is 2.18. The zero-order valence-corrected chi connectivity index (χ0v) is 11.7. The van der Waals surface area contributed by atoms with Gasteiger partial charge >= 0.3 is 0 Å². The van der Waals surface area contributed by atoms with Crippen LogP contribution in [0.3, 0.4) is 0 Å². The maximum Gasteiger partial charge on any atom is 0.299 e. The quantitative estimate of drug-likeness (QED) is 0.769. The maximum absolute atomic E-state index is 14.0. The van der Waals surface area contributed by atoms with Gasteiger partial charge in [-0.05, 0) is 36.5 Å². The first kappa shape index (κ1) is 13.7. The third-order valence-corrected chi connectivity index (χ3v) is 3.25. The van der Waals surface area contributed by atoms with Crippen LogP contribution >= 0.6 is 0 Å². The second kappa shape index (κ2) is 4.44. The smallest absolute Gasteiger partial charge is 0.299 e. The molecule has 0 spiro atoms. The van der Waals surface area contributed by atoms with E-state index in [1.54, 1.807) is 13.0 Å². The average Bonchev–Trinajstić information content (AvgIpc) is 2.50. The summed E-state index contributed by atoms with van der Waals surface area (Å²) in [6.45, 7) is 8.20. The van der Waals surface area contributed by atoms with Crippen LogP contribution in [0.15, 0.2) is 12.1 Å². The predicted octanol–water partition coefficient (Wildman–Crippen LogP) is 3.10. The number of hydrogen-bond acceptors (Lipinski definition) is 2. The number of anilines is 1. The van der Waals surface area contributed by atoms with Crippen molar-refractivity contribution in [1.29, 1.82) is 0 Å². The van der Waals surface area contributed by atoms with Gasteiger partial charge in [0.2, 0.25) is 0 Å². The van der Waals surface area contributed by atoms with Crippen molar-refractivity contribution < 1.29 is 14.0 Å². The van der Waals surface area contributed by atoms with Crippen molar-refractivity contribution in [2.45, 2.75) is 34.1 Å². The normalized spacial score (nSPS) is 15.1. The van der Waals surface area contributed by atoms with Crippen LogP contribution in [-0.4, -0.2) is 18.2 Å². The highest BCUT2D eigenvalue weighted by molar-refractivity contribution is 6.52. The molecule has 4 heteroatoms. The van der Waals surface area contributed by atoms with E-state index in [4.69, 9.17) is 0 Å². The number of nitrogens with zero attached hydrogens (tertiary/aromatic N) is 1. The fourth-order valence-corrected chi connectivity index (χ4v) is 2.18. The molecule has 1 aliphatic heterocycles. The Morgan fingerprint density at radius 3 is 2.42 bits per heavy atom. The van der Waals surface area contributed by atoms with Crippen LogP contribution in [0.2, 0.25) is 0 Å². The van der Waals surface area contributed by atoms with E-state index in [1.165, 1.54) is 11.0 Å². The topological polar surface area (TPSA) is 37.4 Å². The number of amides is 1. The lowest BCUT2D eigenvalue weighted by Crippen LogP contribution is -2.33. The third-order valence-electron chi connectivity index (χ3n) is 3.25. The Morgan fingerprint density at radius 1 is 1.21 bits per heavy atom. The molecule has 0 saturated carbocycles. The van der Waals surface area contributed by atoms with Gasteiger partial charge in [-0.2, -0.15) is 0 Å². The first-order valence-electron chi connectivity index (χ1n) is 6.37. The second-order valence-electron chi connectivity index (χ2n) is 6.24. The van der Waals surface area contributed by atoms with Gasteiger partial charge in [0.05, 0.1) is 11.3 Å². The molecule has 0 aromatic heterocycles. The number of fused-ring (bicyclic) bond motifs is 1. The SMILES string of the molecule is Cc1cc(F)c2c(c1)C(=O)C(=O)N2CCC(C)(C)C. The lowest BCUT2D eigenvalue weighted by atomic mass is 9.92. The van der Waals surface area contributed by atoms with Crippen LogP contribution in [0.5, 0.6) is 0 Å². The Balaban J connectivity index is 2.39. The molecule has 0 radical (unpaired) electrons. The van der Waals surface area contributed by atoms with E-state index in [9.17, 15) is 14.0 Å². The lowest BCUT2D eigenvalue weighted by molar-refractivity contribution is -0.114. The highest BCUT2D eigenvalue weighted by atomic mass is 19.1. The number of aryl methyl sites for hydroxylation is 1. The number of carbonyl (C=O) groups is 2. The molecule has 0 aliphatic carbocycles. The van der Waals surface area contributed by atoms with Gasteiger partial charge < -0.3 is 4.90 Å². The summed E-state index contributed by atoms with van der Waals surface area (Å²) in [5, 5.41) is 0. The molecule has 3 nitrogen and oxygen atoms in total. The van der Waals surface area contributed by atoms with E-state index in [0.29, 0.717) is 18.5 Å². The van der Waals surface area contributed by atoms with E-state index in [-0.39, 0.29) is 16.7 Å². The first-order chi connectivity index (χ1) is 8.70. The number of hydrogen-bond donors (Lipinski definition) is 0. The highest BCUT2D eigenvalue weighted by Gasteiger charge is 2.38. The van der Waals surface area contributed by atoms with Crippen LogP contribution in [0, 0.1) is 18.2 Å². The first-order valence-corrected chi connectivity index (χ1v) is 6.37. The number of rotatable bonds is 2. The summed E-state index contributed by atoms with van der Waals surface area (Å²) in [4.78, 5) is 25.1. The standard InChI is InChI=1S/C15H18FNO2/c1-9-7-10-12(11(16)8-9)17(14(19)13(10)18)6-5-15(2,3)4/h7-8H,5-6H2,1-4H3. The van der Waals surface area contributed by atoms with Crippen molar-refractivity contribution in [2.75, 3.05) is 11.4 Å². The van der Waals surface area contributed by atoms with Gasteiger partial charge in [0.25, 0.3) is 11.7 Å². The van der Waals surface area contributed by atoms with Crippen LogP contribution < -0.4 is 4.90 Å². The van der Waals surface area contributed by atoms with Gasteiger partial charge in [0, 0.05) is 6.54 Å². The van der Waals surface area contributed by atoms with Gasteiger partial charge in [-0.3, -0.25) is 9.59 Å². The van der Waals surface area contributed by atoms with E-state index in [0.717, 1.165) is 0 Å². The van der Waals surface area contributed by atoms with Crippen LogP contribution in [0.1, 0.15) is 43.1 Å². The van der Waals surface area contributed by atoms with Gasteiger partial charge in [-0.25, -0.2) is 4.39 Å². The van der Waals surface area contributed by atoms with Crippen molar-refractivity contribution >= 4 is 17.4 Å². The monoisotopic (exact) mass is 263 g/mol. The number of ketones is 1. The molecule has 0 saturated heterocycles. The molecular weight excluding hydrogens is 245 g/mol. The Morgan fingerprint density at radius 2 is 1.84 bits per heavy atom. The van der Waals surface area contributed by atoms with Gasteiger partial charge in [-0.15, -0.1) is 0 Å². The van der Waals surface area contributed by atoms with Crippen molar-refractivity contribution in [1.82, 2.24) is 0 Å². The third kappa shape index (κ3) is 2.53. The summed E-state index contributed by atoms with van der Waals surface area (Å²) in [5.74, 6) is -1.72. The minimum absolute atomic E-state index is 0.0211. The molecule has 2 rings (SSSR count). The Bertz CT molecular complexity index is 558. The molecule has 0 atom stereocenters. The minimum Gasteiger partial charge on any atom is -0.302 e. The van der Waals surface area contributed by atoms with Crippen LogP contribution in [0.4, 0.5) is 10.1 Å². The average molecular weight is 263 g/mol. The number of halogens is 1. The number of carbonyl (C=O) groups excluding carboxylic acids is 2. The van der Waals surface area contributed by atoms with Crippen molar-refractivity contribution in [3.05, 3.63) is 29.1 Å². The molecule has 102 valence electrons. The molecule has 1 aromatic rings. The summed E-state index contributed by atoms with van der Waals surface area (Å²) in [6, 6.07) is 2.94. The largest absolute Gasteiger partial charge is 0.302 e. The molecule has 19 heavy (non-hydrogen) atoms. The zero-order valence-electron chi connectivity index (χ0n) is 11.7. The second-order valence-corrected chi connectivity index (χ2v) is 6.24. The Labute approximate surface area is 112 Å². The molecule has 0 bridgehead atoms. The summed E-state index contributed by atoms with van der Waals surface area (Å²) in [7, 11) is 0. The summed E-state index contributed by atoms with van der Waals surface area (Å²) in [6.07, 6.45) is 0.707. The predicted molar refractivity (Wildman–Crippen MR) is 71.9 cm³/mol. The zero-order chi connectivity index (χ0) is 14.4. The highest BCUT2D eigenvalue weighted by Crippen LogP contribution is 2.34. The molecule has 1 aromatic carbocycles. The summed E-state index contributed by atoms with van der Waals surface area (Å²) in [5.41, 5.74) is 1.00. The fraction of sp³-hybridized carbons (Fsp3) is 0.467. The van der Waals surface area contributed by atoms with Gasteiger partial charge in [0.1, 0.15) is 5.82 Å². The van der Waals surface area contributed by atoms with E-state index in [1.807, 2.05) is 20.8 Å². The van der Waals surface area contributed by atoms with E-state index < -0.39 is 17.5 Å². The van der Waals surface area contributed by atoms with Crippen molar-refractivity contribution in [2.24, 2.45) is 5.41 Å². The number of Topliss-reactive ketones (excluding diaryl/α,β-unsaturated/α-hetero) is 1. The molecular formula is C15H18FNO2. The van der Waals surface area contributed by atoms with Crippen molar-refractivity contribution in [3.8, 4) is 0 Å². The molecule has 0 N–H and O–H groups in total. The lowest BCUT2D eigenvalue weighted by Gasteiger charge is -2.23. The van der Waals surface area contributed by atoms with E-state index in [2.05, 4.69) is 0 Å². The molecule has 1 amide bonds. The molecule has 1 heterocycles. The van der Waals surface area contributed by atoms with Gasteiger partial charge in [-0.1, -0.05) is 20.8 Å². The summed E-state index contributed by atoms with van der Waals surface area (Å²) < 4.78 is 14.0. The number of benzene rings is 1. The van der Waals surface area contributed by atoms with Crippen LogP contribution in [-0.2, 0) is 4.79 Å². The van der Waals surface area contributed by atoms with E-state index >= 15 is 0 Å². The van der Waals surface area contributed by atoms with Crippen molar-refractivity contribution in [3.63, 3.8) is 0 Å². The molecule has 1 aliphatic rings. The Kier molecular flexibility index (Phi) is 3.20. The van der Waals surface area contributed by atoms with Gasteiger partial charge in [0.15, 0.2) is 0 Å². The summed E-state index contributed by atoms with van der Waals surface area (Å²) >= 11 is 0. The maximum atomic E-state index is 14.0. The Hall–Kier alpha value is -1.71. The van der Waals surface area contributed by atoms with Crippen LogP contribution in [0.25, 0.3) is 0 Å². The minimum atomic E-state index is -0.622. The molecule has 0 unspecified atom stereocenters.